The Hall–Kier alpha value is -0.750. The van der Waals surface area contributed by atoms with Crippen LogP contribution in [0, 0.1) is 0 Å². The minimum absolute atomic E-state index is 0.104. The van der Waals surface area contributed by atoms with E-state index in [9.17, 15) is 13.6 Å². The molecule has 4 nitrogen and oxygen atoms in total. The van der Waals surface area contributed by atoms with Gasteiger partial charge in [0.15, 0.2) is 0 Å². The number of methoxy groups -OCH3 is 1. The largest absolute Gasteiger partial charge is 0.469 e. The second-order valence-electron chi connectivity index (χ2n) is 2.43. The summed E-state index contributed by atoms with van der Waals surface area (Å²) in [4.78, 5) is 10.5. The number of rotatable bonds is 6. The van der Waals surface area contributed by atoms with Gasteiger partial charge >= 0.3 is 5.97 Å². The zero-order valence-electron chi connectivity index (χ0n) is 7.30. The van der Waals surface area contributed by atoms with Crippen LogP contribution in [0.1, 0.15) is 6.42 Å². The zero-order chi connectivity index (χ0) is 10.3. The van der Waals surface area contributed by atoms with E-state index in [-0.39, 0.29) is 19.5 Å². The van der Waals surface area contributed by atoms with E-state index in [0.717, 1.165) is 0 Å². The lowest BCUT2D eigenvalue weighted by Gasteiger charge is -2.09. The second kappa shape index (κ2) is 6.73. The number of aliphatic hydroxyl groups excluding tert-OH is 1. The van der Waals surface area contributed by atoms with Crippen molar-refractivity contribution < 1.29 is 23.4 Å². The van der Waals surface area contributed by atoms with Gasteiger partial charge < -0.3 is 15.2 Å². The molecule has 0 amide bonds. The number of nitrogens with one attached hydrogen (secondary N) is 1. The van der Waals surface area contributed by atoms with Crippen LogP contribution >= 0.6 is 0 Å². The van der Waals surface area contributed by atoms with Crippen LogP contribution < -0.4 is 5.32 Å². The molecule has 1 atom stereocenters. The molecule has 0 aromatic carbocycles. The summed E-state index contributed by atoms with van der Waals surface area (Å²) >= 11 is 0. The first-order chi connectivity index (χ1) is 6.07. The van der Waals surface area contributed by atoms with E-state index in [1.165, 1.54) is 7.11 Å². The molecular formula is C7H13F2NO3. The van der Waals surface area contributed by atoms with Gasteiger partial charge in [-0.3, -0.25) is 4.79 Å². The Kier molecular flexibility index (Phi) is 6.34. The van der Waals surface area contributed by atoms with Gasteiger partial charge in [-0.2, -0.15) is 0 Å². The van der Waals surface area contributed by atoms with Crippen LogP contribution in [0.5, 0.6) is 0 Å². The number of halogens is 2. The molecule has 0 aliphatic rings. The van der Waals surface area contributed by atoms with Gasteiger partial charge in [0.1, 0.15) is 6.10 Å². The van der Waals surface area contributed by atoms with Crippen molar-refractivity contribution in [3.63, 3.8) is 0 Å². The highest BCUT2D eigenvalue weighted by Crippen LogP contribution is 1.98. The third kappa shape index (κ3) is 6.41. The zero-order valence-corrected chi connectivity index (χ0v) is 7.30. The minimum atomic E-state index is -2.76. The average Bonchev–Trinajstić information content (AvgIpc) is 2.11. The Morgan fingerprint density at radius 1 is 1.62 bits per heavy atom. The summed E-state index contributed by atoms with van der Waals surface area (Å²) in [6, 6.07) is 0. The van der Waals surface area contributed by atoms with E-state index in [1.54, 1.807) is 0 Å². The van der Waals surface area contributed by atoms with Gasteiger partial charge in [0, 0.05) is 13.1 Å². The average molecular weight is 197 g/mol. The lowest BCUT2D eigenvalue weighted by Crippen LogP contribution is -2.33. The Morgan fingerprint density at radius 3 is 2.69 bits per heavy atom. The molecule has 0 aliphatic heterocycles. The van der Waals surface area contributed by atoms with Crippen molar-refractivity contribution >= 4 is 5.97 Å². The van der Waals surface area contributed by atoms with Crippen LogP contribution in [0.4, 0.5) is 8.78 Å². The molecule has 0 aromatic heterocycles. The summed E-state index contributed by atoms with van der Waals surface area (Å²) in [6.45, 7) is -0.00882. The predicted octanol–water partition coefficient (Wildman–Crippen LogP) is -0.235. The van der Waals surface area contributed by atoms with Gasteiger partial charge in [-0.1, -0.05) is 0 Å². The van der Waals surface area contributed by atoms with Crippen molar-refractivity contribution in [2.45, 2.75) is 19.0 Å². The third-order valence-electron chi connectivity index (χ3n) is 1.38. The topological polar surface area (TPSA) is 58.6 Å². The van der Waals surface area contributed by atoms with E-state index in [1.807, 2.05) is 0 Å². The van der Waals surface area contributed by atoms with Gasteiger partial charge in [0.2, 0.25) is 0 Å². The maximum absolute atomic E-state index is 11.7. The van der Waals surface area contributed by atoms with Gasteiger partial charge in [-0.25, -0.2) is 8.78 Å². The number of alkyl halides is 2. The van der Waals surface area contributed by atoms with Crippen molar-refractivity contribution in [1.29, 1.82) is 0 Å². The monoisotopic (exact) mass is 197 g/mol. The Bertz CT molecular complexity index is 155. The number of hydrogen-bond acceptors (Lipinski definition) is 4. The van der Waals surface area contributed by atoms with Crippen LogP contribution in [-0.2, 0) is 9.53 Å². The predicted molar refractivity (Wildman–Crippen MR) is 41.5 cm³/mol. The normalized spacial score (nSPS) is 13.0. The number of hydrogen-bond donors (Lipinski definition) is 2. The van der Waals surface area contributed by atoms with Crippen LogP contribution in [0.3, 0.4) is 0 Å². The number of carbonyl (C=O) groups excluding carboxylic acids is 1. The number of carbonyl (C=O) groups is 1. The lowest BCUT2D eigenvalue weighted by molar-refractivity contribution is -0.140. The first kappa shape index (κ1) is 12.2. The highest BCUT2D eigenvalue weighted by atomic mass is 19.3. The van der Waals surface area contributed by atoms with E-state index in [0.29, 0.717) is 0 Å². The lowest BCUT2D eigenvalue weighted by atomic mass is 10.3. The highest BCUT2D eigenvalue weighted by molar-refractivity contribution is 5.69. The molecule has 0 radical (unpaired) electrons. The van der Waals surface area contributed by atoms with E-state index < -0.39 is 18.5 Å². The molecule has 1 unspecified atom stereocenters. The first-order valence-electron chi connectivity index (χ1n) is 3.81. The number of ether oxygens (including phenoxy) is 1. The van der Waals surface area contributed by atoms with Crippen molar-refractivity contribution in [1.82, 2.24) is 5.32 Å². The standard InChI is InChI=1S/C7H13F2NO3/c1-13-6(12)2-3-10-4-5(11)7(8)9/h5,7,10-11H,2-4H2,1H3. The second-order valence-corrected chi connectivity index (χ2v) is 2.43. The van der Waals surface area contributed by atoms with Crippen LogP contribution in [0.2, 0.25) is 0 Å². The molecule has 0 heterocycles. The van der Waals surface area contributed by atoms with Crippen molar-refractivity contribution in [2.75, 3.05) is 20.2 Å². The smallest absolute Gasteiger partial charge is 0.306 e. The van der Waals surface area contributed by atoms with Gasteiger partial charge in [0.25, 0.3) is 6.43 Å². The molecule has 2 N–H and O–H groups in total. The molecular weight excluding hydrogens is 184 g/mol. The quantitative estimate of drug-likeness (QED) is 0.456. The molecule has 78 valence electrons. The minimum Gasteiger partial charge on any atom is -0.469 e. The van der Waals surface area contributed by atoms with Gasteiger partial charge in [-0.05, 0) is 0 Å². The first-order valence-corrected chi connectivity index (χ1v) is 3.81. The van der Waals surface area contributed by atoms with E-state index in [2.05, 4.69) is 10.1 Å². The summed E-state index contributed by atoms with van der Waals surface area (Å²) < 4.78 is 27.7. The fourth-order valence-electron chi connectivity index (χ4n) is 0.632. The number of esters is 1. The third-order valence-corrected chi connectivity index (χ3v) is 1.38. The molecule has 13 heavy (non-hydrogen) atoms. The van der Waals surface area contributed by atoms with Crippen LogP contribution in [-0.4, -0.2) is 43.8 Å². The molecule has 0 bridgehead atoms. The summed E-state index contributed by atoms with van der Waals surface area (Å²) in [7, 11) is 1.25. The Morgan fingerprint density at radius 2 is 2.23 bits per heavy atom. The maximum Gasteiger partial charge on any atom is 0.306 e. The molecule has 0 aromatic rings. The molecule has 6 heteroatoms. The SMILES string of the molecule is COC(=O)CCNCC(O)C(F)F. The van der Waals surface area contributed by atoms with Gasteiger partial charge in [0.05, 0.1) is 13.5 Å². The molecule has 0 aliphatic carbocycles. The van der Waals surface area contributed by atoms with Crippen LogP contribution in [0.15, 0.2) is 0 Å². The Labute approximate surface area is 74.9 Å². The molecule has 0 saturated carbocycles. The summed E-state index contributed by atoms with van der Waals surface area (Å²) in [5, 5.41) is 11.1. The van der Waals surface area contributed by atoms with Crippen LogP contribution in [0.25, 0.3) is 0 Å². The fraction of sp³-hybridized carbons (Fsp3) is 0.857. The summed E-state index contributed by atoms with van der Waals surface area (Å²) in [5.74, 6) is -0.418. The molecule has 0 spiro atoms. The number of aliphatic hydroxyl groups is 1. The van der Waals surface area contributed by atoms with E-state index in [4.69, 9.17) is 5.11 Å². The Balaban J connectivity index is 3.30. The van der Waals surface area contributed by atoms with Crippen molar-refractivity contribution in [2.24, 2.45) is 0 Å². The summed E-state index contributed by atoms with van der Waals surface area (Å²) in [5.41, 5.74) is 0. The highest BCUT2D eigenvalue weighted by Gasteiger charge is 2.15. The fourth-order valence-corrected chi connectivity index (χ4v) is 0.632. The van der Waals surface area contributed by atoms with Gasteiger partial charge in [-0.15, -0.1) is 0 Å². The molecule has 0 fully saturated rings. The molecule has 0 rings (SSSR count). The molecule has 0 saturated heterocycles. The van der Waals surface area contributed by atoms with E-state index >= 15 is 0 Å². The van der Waals surface area contributed by atoms with Crippen molar-refractivity contribution in [3.8, 4) is 0 Å². The maximum atomic E-state index is 11.7. The summed E-state index contributed by atoms with van der Waals surface area (Å²) in [6.07, 6.45) is -4.34. The van der Waals surface area contributed by atoms with Crippen molar-refractivity contribution in [3.05, 3.63) is 0 Å².